The Kier molecular flexibility index (Phi) is 10.3. The van der Waals surface area contributed by atoms with Crippen molar-refractivity contribution < 1.29 is 24.6 Å². The topological polar surface area (TPSA) is 80.6 Å². The molecule has 0 aromatic heterocycles. The number of nitrogens with zero attached hydrogens (tertiary/aromatic N) is 1. The van der Waals surface area contributed by atoms with Crippen LogP contribution < -0.4 is 5.11 Å². The monoisotopic (exact) mass is 425 g/mol. The van der Waals surface area contributed by atoms with E-state index in [0.717, 1.165) is 17.6 Å². The van der Waals surface area contributed by atoms with Crippen LogP contribution in [0.4, 0.5) is 0 Å². The van der Waals surface area contributed by atoms with E-state index in [2.05, 4.69) is 21.0 Å². The van der Waals surface area contributed by atoms with Crippen molar-refractivity contribution in [2.24, 2.45) is 0 Å². The second kappa shape index (κ2) is 11.1. The quantitative estimate of drug-likeness (QED) is 0.683. The summed E-state index contributed by atoms with van der Waals surface area (Å²) >= 11 is 0. The first-order chi connectivity index (χ1) is 11.8. The van der Waals surface area contributed by atoms with Crippen molar-refractivity contribution >= 4 is 23.0 Å². The first-order valence-electron chi connectivity index (χ1n) is 8.25. The van der Waals surface area contributed by atoms with Crippen molar-refractivity contribution in [1.82, 2.24) is 0 Å². The lowest BCUT2D eigenvalue weighted by atomic mass is 9.86. The highest BCUT2D eigenvalue weighted by molar-refractivity contribution is 8.93. The molecule has 6 heteroatoms. The van der Waals surface area contributed by atoms with Gasteiger partial charge in [-0.25, -0.2) is 0 Å². The molecule has 0 fully saturated rings. The van der Waals surface area contributed by atoms with Crippen LogP contribution in [0.3, 0.4) is 0 Å². The van der Waals surface area contributed by atoms with Gasteiger partial charge >= 0.3 is 0 Å². The Balaban J connectivity index is 0.000000597. The Labute approximate surface area is 165 Å². The van der Waals surface area contributed by atoms with Crippen LogP contribution >= 0.6 is 17.0 Å². The summed E-state index contributed by atoms with van der Waals surface area (Å²) in [7, 11) is 4.21. The number of halogens is 1. The second-order valence-corrected chi connectivity index (χ2v) is 6.43. The lowest BCUT2D eigenvalue weighted by Gasteiger charge is -2.30. The van der Waals surface area contributed by atoms with Crippen LogP contribution in [-0.4, -0.2) is 54.5 Å². The number of carboxylic acid groups (broad SMARTS) is 1. The average Bonchev–Trinajstić information content (AvgIpc) is 2.63. The number of carbonyl (C=O) groups is 1. The minimum absolute atomic E-state index is 0. The first kappa shape index (κ1) is 24.3. The maximum absolute atomic E-state index is 11.3. The van der Waals surface area contributed by atoms with Gasteiger partial charge in [0.25, 0.3) is 0 Å². The zero-order chi connectivity index (χ0) is 18.9. The summed E-state index contributed by atoms with van der Waals surface area (Å²) in [6.07, 6.45) is 0. The number of benzene rings is 2. The third-order valence-corrected chi connectivity index (χ3v) is 4.24. The van der Waals surface area contributed by atoms with E-state index in [4.69, 9.17) is 5.11 Å². The van der Waals surface area contributed by atoms with Gasteiger partial charge < -0.3 is 24.6 Å². The number of aliphatic carboxylic acids is 1. The smallest absolute Gasteiger partial charge is 0.154 e. The maximum atomic E-state index is 11.3. The summed E-state index contributed by atoms with van der Waals surface area (Å²) < 4.78 is 0.913. The Morgan fingerprint density at radius 3 is 1.62 bits per heavy atom. The molecule has 144 valence electrons. The van der Waals surface area contributed by atoms with E-state index in [1.807, 2.05) is 0 Å². The number of aliphatic hydroxyl groups is 2. The fourth-order valence-corrected chi connectivity index (χ4v) is 2.19. The fourth-order valence-electron chi connectivity index (χ4n) is 2.19. The van der Waals surface area contributed by atoms with Crippen LogP contribution in [0.1, 0.15) is 18.1 Å². The largest absolute Gasteiger partial charge is 0.546 e. The number of hydrogen-bond acceptors (Lipinski definition) is 4. The second-order valence-electron chi connectivity index (χ2n) is 6.43. The molecule has 0 atom stereocenters. The molecule has 0 spiro atoms. The lowest BCUT2D eigenvalue weighted by Crippen LogP contribution is -2.46. The summed E-state index contributed by atoms with van der Waals surface area (Å²) in [6.45, 7) is 4.35. The summed E-state index contributed by atoms with van der Waals surface area (Å²) in [5.41, 5.74) is -1.54. The molecule has 0 heterocycles. The van der Waals surface area contributed by atoms with E-state index in [9.17, 15) is 15.0 Å². The van der Waals surface area contributed by atoms with Gasteiger partial charge in [-0.3, -0.25) is 0 Å². The number of aliphatic hydroxyl groups excluding tert-OH is 1. The lowest BCUT2D eigenvalue weighted by molar-refractivity contribution is -0.888. The molecule has 0 aliphatic heterocycles. The highest BCUT2D eigenvalue weighted by Crippen LogP contribution is 2.28. The zero-order valence-corrected chi connectivity index (χ0v) is 17.2. The molecule has 5 nitrogen and oxygen atoms in total. The summed E-state index contributed by atoms with van der Waals surface area (Å²) in [5, 5.41) is 30.1. The Hall–Kier alpha value is -1.73. The predicted octanol–water partition coefficient (Wildman–Crippen LogP) is 1.33. The Bertz CT molecular complexity index is 608. The molecule has 0 radical (unpaired) electrons. The van der Waals surface area contributed by atoms with Gasteiger partial charge in [-0.05, 0) is 18.1 Å². The van der Waals surface area contributed by atoms with Crippen LogP contribution in [0.25, 0.3) is 0 Å². The van der Waals surface area contributed by atoms with Crippen molar-refractivity contribution in [1.29, 1.82) is 0 Å². The molecule has 2 aromatic rings. The van der Waals surface area contributed by atoms with Crippen LogP contribution in [0, 0.1) is 0 Å². The van der Waals surface area contributed by atoms with Gasteiger partial charge in [-0.15, -0.1) is 17.0 Å². The summed E-state index contributed by atoms with van der Waals surface area (Å²) in [4.78, 5) is 11.3. The predicted molar refractivity (Wildman–Crippen MR) is 106 cm³/mol. The number of likely N-dealkylation sites (N-methyl/N-ethyl adjacent to an activating group) is 1. The first-order valence-corrected chi connectivity index (χ1v) is 8.25. The van der Waals surface area contributed by atoms with Gasteiger partial charge in [0, 0.05) is 0 Å². The number of hydrogen-bond donors (Lipinski definition) is 2. The molecule has 0 bridgehead atoms. The Morgan fingerprint density at radius 2 is 1.38 bits per heavy atom. The molecule has 0 saturated carbocycles. The van der Waals surface area contributed by atoms with Gasteiger partial charge in [-0.1, -0.05) is 60.7 Å². The van der Waals surface area contributed by atoms with E-state index in [-0.39, 0.29) is 28.1 Å². The number of carbonyl (C=O) groups excluding carboxylic acids is 1. The third kappa shape index (κ3) is 6.53. The standard InChI is InChI=1S/C14H12O3.C6H16NO.BrH/c15-13(16)14(17,11-7-3-1-4-8-11)12-9-5-2-6-10-12;1-4-7(2,3)5-6-8;/h1-10,17H,(H,15,16);8H,4-6H2,1-3H3;1H/q;+1;/p-1. The fraction of sp³-hybridized carbons (Fsp3) is 0.350. The van der Waals surface area contributed by atoms with E-state index in [1.165, 1.54) is 0 Å². The highest BCUT2D eigenvalue weighted by atomic mass is 79.9. The van der Waals surface area contributed by atoms with Gasteiger partial charge in [0.15, 0.2) is 5.60 Å². The summed E-state index contributed by atoms with van der Waals surface area (Å²) in [5.74, 6) is -1.53. The van der Waals surface area contributed by atoms with Gasteiger partial charge in [0.2, 0.25) is 0 Å². The molecule has 26 heavy (non-hydrogen) atoms. The normalized spacial score (nSPS) is 11.0. The molecule has 0 aliphatic rings. The minimum atomic E-state index is -2.11. The Morgan fingerprint density at radius 1 is 1.00 bits per heavy atom. The molecule has 0 saturated heterocycles. The van der Waals surface area contributed by atoms with Crippen LogP contribution in [-0.2, 0) is 10.4 Å². The van der Waals surface area contributed by atoms with Crippen LogP contribution in [0.2, 0.25) is 0 Å². The van der Waals surface area contributed by atoms with Crippen molar-refractivity contribution in [3.8, 4) is 0 Å². The van der Waals surface area contributed by atoms with Gasteiger partial charge in [-0.2, -0.15) is 0 Å². The molecule has 2 N–H and O–H groups in total. The molecule has 2 aromatic carbocycles. The molecule has 0 amide bonds. The van der Waals surface area contributed by atoms with Crippen LogP contribution in [0.15, 0.2) is 60.7 Å². The SMILES string of the molecule is Br.CC[N+](C)(C)CCO.O=C([O-])C(O)(c1ccccc1)c1ccccc1. The van der Waals surface area contributed by atoms with Gasteiger partial charge in [0.1, 0.15) is 6.54 Å². The molecular formula is C20H28BrNO4. The van der Waals surface area contributed by atoms with Gasteiger partial charge in [0.05, 0.1) is 33.2 Å². The number of rotatable bonds is 6. The average molecular weight is 426 g/mol. The van der Waals surface area contributed by atoms with E-state index < -0.39 is 11.6 Å². The van der Waals surface area contributed by atoms with Crippen molar-refractivity contribution in [3.05, 3.63) is 71.8 Å². The van der Waals surface area contributed by atoms with Crippen molar-refractivity contribution in [2.75, 3.05) is 33.8 Å². The highest BCUT2D eigenvalue weighted by Gasteiger charge is 2.32. The number of carboxylic acids is 1. The van der Waals surface area contributed by atoms with Crippen molar-refractivity contribution in [3.63, 3.8) is 0 Å². The van der Waals surface area contributed by atoms with E-state index in [1.54, 1.807) is 60.7 Å². The van der Waals surface area contributed by atoms with E-state index >= 15 is 0 Å². The van der Waals surface area contributed by atoms with E-state index in [0.29, 0.717) is 6.61 Å². The molecule has 2 rings (SSSR count). The maximum Gasteiger partial charge on any atom is 0.154 e. The molecular weight excluding hydrogens is 398 g/mol. The third-order valence-electron chi connectivity index (χ3n) is 4.24. The minimum Gasteiger partial charge on any atom is -0.546 e. The molecule has 0 unspecified atom stereocenters. The van der Waals surface area contributed by atoms with Crippen molar-refractivity contribution in [2.45, 2.75) is 12.5 Å². The zero-order valence-electron chi connectivity index (χ0n) is 15.5. The summed E-state index contributed by atoms with van der Waals surface area (Å²) in [6, 6.07) is 16.4. The molecule has 0 aliphatic carbocycles. The van der Waals surface area contributed by atoms with Crippen LogP contribution in [0.5, 0.6) is 0 Å². The number of quaternary nitrogens is 1.